The van der Waals surface area contributed by atoms with Crippen molar-refractivity contribution in [1.29, 1.82) is 0 Å². The summed E-state index contributed by atoms with van der Waals surface area (Å²) in [6, 6.07) is 10.6. The molecule has 118 valence electrons. The van der Waals surface area contributed by atoms with E-state index in [0.717, 1.165) is 38.5 Å². The summed E-state index contributed by atoms with van der Waals surface area (Å²) in [4.78, 5) is 6.95. The molecule has 1 aliphatic heterocycles. The Morgan fingerprint density at radius 3 is 2.86 bits per heavy atom. The van der Waals surface area contributed by atoms with Crippen molar-refractivity contribution in [1.82, 2.24) is 19.8 Å². The Kier molecular flexibility index (Phi) is 4.60. The first-order chi connectivity index (χ1) is 10.6. The van der Waals surface area contributed by atoms with Crippen LogP contribution in [-0.2, 0) is 13.1 Å². The van der Waals surface area contributed by atoms with Gasteiger partial charge in [0.05, 0.1) is 6.54 Å². The Morgan fingerprint density at radius 2 is 2.14 bits per heavy atom. The summed E-state index contributed by atoms with van der Waals surface area (Å²) < 4.78 is 2.25. The zero-order valence-corrected chi connectivity index (χ0v) is 13.6. The van der Waals surface area contributed by atoms with Gasteiger partial charge < -0.3 is 9.88 Å². The number of nitrogens with one attached hydrogen (secondary N) is 1. The largest absolute Gasteiger partial charge is 0.329 e. The van der Waals surface area contributed by atoms with Crippen LogP contribution in [0, 0.1) is 5.41 Å². The fourth-order valence-electron chi connectivity index (χ4n) is 3.37. The second kappa shape index (κ2) is 6.63. The predicted molar refractivity (Wildman–Crippen MR) is 89.7 cm³/mol. The Morgan fingerprint density at radius 1 is 1.32 bits per heavy atom. The third-order valence-electron chi connectivity index (χ3n) is 4.52. The first-order valence-electron chi connectivity index (χ1n) is 8.08. The SMILES string of the molecule is CN(Cc1nccn1Cc1ccccc1)CC1(C)CCNC1. The summed E-state index contributed by atoms with van der Waals surface area (Å²) in [5.74, 6) is 1.14. The van der Waals surface area contributed by atoms with E-state index in [9.17, 15) is 0 Å². The van der Waals surface area contributed by atoms with Crippen LogP contribution in [0.3, 0.4) is 0 Å². The Labute approximate surface area is 133 Å². The van der Waals surface area contributed by atoms with E-state index in [0.29, 0.717) is 5.41 Å². The van der Waals surface area contributed by atoms with Crippen molar-refractivity contribution in [3.05, 3.63) is 54.1 Å². The van der Waals surface area contributed by atoms with Gasteiger partial charge in [-0.15, -0.1) is 0 Å². The van der Waals surface area contributed by atoms with E-state index < -0.39 is 0 Å². The normalized spacial score (nSPS) is 21.6. The smallest absolute Gasteiger partial charge is 0.123 e. The summed E-state index contributed by atoms with van der Waals surface area (Å²) in [5.41, 5.74) is 1.71. The second-order valence-electron chi connectivity index (χ2n) is 6.87. The van der Waals surface area contributed by atoms with E-state index in [2.05, 4.69) is 70.3 Å². The highest BCUT2D eigenvalue weighted by Gasteiger charge is 2.29. The molecule has 22 heavy (non-hydrogen) atoms. The maximum Gasteiger partial charge on any atom is 0.123 e. The van der Waals surface area contributed by atoms with Crippen molar-refractivity contribution in [3.8, 4) is 0 Å². The lowest BCUT2D eigenvalue weighted by molar-refractivity contribution is 0.198. The maximum atomic E-state index is 4.56. The van der Waals surface area contributed by atoms with Crippen LogP contribution in [0.5, 0.6) is 0 Å². The van der Waals surface area contributed by atoms with Crippen LogP contribution in [-0.4, -0.2) is 41.1 Å². The molecule has 1 aromatic carbocycles. The van der Waals surface area contributed by atoms with Gasteiger partial charge in [0.15, 0.2) is 0 Å². The minimum absolute atomic E-state index is 0.394. The van der Waals surface area contributed by atoms with Gasteiger partial charge in [-0.25, -0.2) is 4.98 Å². The Hall–Kier alpha value is -1.65. The van der Waals surface area contributed by atoms with Gasteiger partial charge in [0.25, 0.3) is 0 Å². The summed E-state index contributed by atoms with van der Waals surface area (Å²) in [5, 5.41) is 3.47. The Balaban J connectivity index is 1.62. The zero-order chi connectivity index (χ0) is 15.4. The highest BCUT2D eigenvalue weighted by atomic mass is 15.2. The third kappa shape index (κ3) is 3.76. The van der Waals surface area contributed by atoms with Crippen LogP contribution in [0.1, 0.15) is 24.7 Å². The molecule has 1 aromatic heterocycles. The molecular formula is C18H26N4. The number of hydrogen-bond donors (Lipinski definition) is 1. The van der Waals surface area contributed by atoms with Crippen LogP contribution in [0.15, 0.2) is 42.7 Å². The van der Waals surface area contributed by atoms with E-state index in [1.165, 1.54) is 12.0 Å². The van der Waals surface area contributed by atoms with E-state index in [-0.39, 0.29) is 0 Å². The van der Waals surface area contributed by atoms with Crippen LogP contribution in [0.2, 0.25) is 0 Å². The van der Waals surface area contributed by atoms with Crippen molar-refractivity contribution < 1.29 is 0 Å². The summed E-state index contributed by atoms with van der Waals surface area (Å²) in [6.07, 6.45) is 5.25. The summed E-state index contributed by atoms with van der Waals surface area (Å²) in [6.45, 7) is 7.54. The number of nitrogens with zero attached hydrogens (tertiary/aromatic N) is 3. The molecule has 1 aliphatic rings. The van der Waals surface area contributed by atoms with Crippen molar-refractivity contribution in [3.63, 3.8) is 0 Å². The van der Waals surface area contributed by atoms with E-state index in [1.807, 2.05) is 6.20 Å². The first-order valence-corrected chi connectivity index (χ1v) is 8.08. The minimum Gasteiger partial charge on any atom is -0.329 e. The molecule has 4 nitrogen and oxygen atoms in total. The van der Waals surface area contributed by atoms with E-state index >= 15 is 0 Å². The first kappa shape index (κ1) is 15.3. The molecule has 2 aromatic rings. The number of aromatic nitrogens is 2. The predicted octanol–water partition coefficient (Wildman–Crippen LogP) is 2.36. The van der Waals surface area contributed by atoms with Gasteiger partial charge in [-0.05, 0) is 31.0 Å². The molecule has 0 aliphatic carbocycles. The van der Waals surface area contributed by atoms with E-state index in [4.69, 9.17) is 0 Å². The van der Waals surface area contributed by atoms with Gasteiger partial charge in [-0.2, -0.15) is 0 Å². The topological polar surface area (TPSA) is 33.1 Å². The lowest BCUT2D eigenvalue weighted by Gasteiger charge is -2.29. The van der Waals surface area contributed by atoms with Gasteiger partial charge in [0.1, 0.15) is 5.82 Å². The minimum atomic E-state index is 0.394. The number of rotatable bonds is 6. The fourth-order valence-corrected chi connectivity index (χ4v) is 3.37. The van der Waals surface area contributed by atoms with Gasteiger partial charge in [-0.1, -0.05) is 37.3 Å². The van der Waals surface area contributed by atoms with Crippen LogP contribution in [0.25, 0.3) is 0 Å². The summed E-state index contributed by atoms with van der Waals surface area (Å²) in [7, 11) is 2.20. The molecule has 1 atom stereocenters. The molecule has 1 saturated heterocycles. The van der Waals surface area contributed by atoms with Crippen molar-refractivity contribution in [2.45, 2.75) is 26.4 Å². The molecule has 2 heterocycles. The molecule has 0 bridgehead atoms. The quantitative estimate of drug-likeness (QED) is 0.889. The fraction of sp³-hybridized carbons (Fsp3) is 0.500. The highest BCUT2D eigenvalue weighted by Crippen LogP contribution is 2.25. The maximum absolute atomic E-state index is 4.56. The Bertz CT molecular complexity index is 584. The molecule has 1 N–H and O–H groups in total. The monoisotopic (exact) mass is 298 g/mol. The van der Waals surface area contributed by atoms with Gasteiger partial charge >= 0.3 is 0 Å². The summed E-state index contributed by atoms with van der Waals surface area (Å²) >= 11 is 0. The van der Waals surface area contributed by atoms with E-state index in [1.54, 1.807) is 0 Å². The van der Waals surface area contributed by atoms with Crippen molar-refractivity contribution in [2.24, 2.45) is 5.41 Å². The third-order valence-corrected chi connectivity index (χ3v) is 4.52. The molecule has 1 unspecified atom stereocenters. The lowest BCUT2D eigenvalue weighted by atomic mass is 9.89. The van der Waals surface area contributed by atoms with Crippen LogP contribution < -0.4 is 5.32 Å². The molecule has 0 saturated carbocycles. The van der Waals surface area contributed by atoms with Crippen LogP contribution in [0.4, 0.5) is 0 Å². The lowest BCUT2D eigenvalue weighted by Crippen LogP contribution is -2.35. The number of hydrogen-bond acceptors (Lipinski definition) is 3. The van der Waals surface area contributed by atoms with Gasteiger partial charge in [0, 0.05) is 32.0 Å². The zero-order valence-electron chi connectivity index (χ0n) is 13.6. The average Bonchev–Trinajstić information content (AvgIpc) is 3.10. The van der Waals surface area contributed by atoms with Crippen molar-refractivity contribution in [2.75, 3.05) is 26.7 Å². The molecule has 3 rings (SSSR count). The molecule has 0 radical (unpaired) electrons. The second-order valence-corrected chi connectivity index (χ2v) is 6.87. The molecule has 4 heteroatoms. The molecule has 1 fully saturated rings. The number of imidazole rings is 1. The van der Waals surface area contributed by atoms with Gasteiger partial charge in [0.2, 0.25) is 0 Å². The molecular weight excluding hydrogens is 272 g/mol. The van der Waals surface area contributed by atoms with Crippen LogP contribution >= 0.6 is 0 Å². The van der Waals surface area contributed by atoms with Crippen molar-refractivity contribution >= 4 is 0 Å². The highest BCUT2D eigenvalue weighted by molar-refractivity contribution is 5.15. The standard InChI is InChI=1S/C18H26N4/c1-18(8-9-19-14-18)15-21(2)13-17-20-10-11-22(17)12-16-6-4-3-5-7-16/h3-7,10-11,19H,8-9,12-15H2,1-2H3. The molecule has 0 spiro atoms. The average molecular weight is 298 g/mol. The number of benzene rings is 1. The molecule has 0 amide bonds. The van der Waals surface area contributed by atoms with Gasteiger partial charge in [-0.3, -0.25) is 4.90 Å².